The molecule has 1 aromatic carbocycles. The monoisotopic (exact) mass is 365 g/mol. The molecule has 0 saturated heterocycles. The first-order valence-corrected chi connectivity index (χ1v) is 8.80. The highest BCUT2D eigenvalue weighted by Gasteiger charge is 2.51. The Morgan fingerprint density at radius 2 is 1.78 bits per heavy atom. The number of carbonyl (C=O) groups excluding carboxylic acids is 2. The van der Waals surface area contributed by atoms with E-state index in [1.165, 1.54) is 0 Å². The van der Waals surface area contributed by atoms with Crippen molar-refractivity contribution >= 4 is 23.3 Å². The first-order valence-electron chi connectivity index (χ1n) is 8.80. The highest BCUT2D eigenvalue weighted by atomic mass is 16.4. The maximum atomic E-state index is 12.7. The van der Waals surface area contributed by atoms with Gasteiger partial charge in [0.15, 0.2) is 5.82 Å². The Hall–Kier alpha value is -3.22. The molecule has 0 radical (unpaired) electrons. The number of benzene rings is 1. The molecule has 1 aromatic heterocycles. The molecule has 1 heterocycles. The van der Waals surface area contributed by atoms with E-state index >= 15 is 0 Å². The lowest BCUT2D eigenvalue weighted by Gasteiger charge is -2.23. The van der Waals surface area contributed by atoms with Crippen LogP contribution in [0.4, 0.5) is 5.69 Å². The highest BCUT2D eigenvalue weighted by molar-refractivity contribution is 6.07. The molecule has 2 aromatic rings. The van der Waals surface area contributed by atoms with Crippen LogP contribution in [-0.4, -0.2) is 32.3 Å². The summed E-state index contributed by atoms with van der Waals surface area (Å²) in [6, 6.07) is 6.55. The first kappa shape index (κ1) is 17.2. The van der Waals surface area contributed by atoms with E-state index in [1.54, 1.807) is 48.3 Å². The second-order valence-corrected chi connectivity index (χ2v) is 7.10. The number of carboxylic acids is 1. The van der Waals surface area contributed by atoms with Crippen molar-refractivity contribution in [1.29, 1.82) is 0 Å². The third-order valence-corrected chi connectivity index (χ3v) is 5.49. The predicted octanol–water partition coefficient (Wildman–Crippen LogP) is 2.11. The zero-order chi connectivity index (χ0) is 19.1. The molecular formula is C20H19N3O4. The van der Waals surface area contributed by atoms with Crippen molar-refractivity contribution in [2.24, 2.45) is 30.7 Å². The topological polar surface area (TPSA) is 101 Å². The highest BCUT2D eigenvalue weighted by Crippen LogP contribution is 2.48. The van der Waals surface area contributed by atoms with Crippen molar-refractivity contribution in [1.82, 2.24) is 9.55 Å². The Bertz CT molecular complexity index is 944. The molecule has 7 nitrogen and oxygen atoms in total. The summed E-state index contributed by atoms with van der Waals surface area (Å²) in [5.74, 6) is -2.42. The number of aliphatic carboxylic acids is 1. The van der Waals surface area contributed by atoms with Crippen LogP contribution >= 0.6 is 0 Å². The molecule has 4 atom stereocenters. The summed E-state index contributed by atoms with van der Waals surface area (Å²) < 4.78 is 1.65. The number of anilines is 1. The number of ketones is 1. The average Bonchev–Trinajstić information content (AvgIpc) is 3.37. The van der Waals surface area contributed by atoms with Crippen LogP contribution in [0, 0.1) is 23.7 Å². The largest absolute Gasteiger partial charge is 0.481 e. The molecule has 2 aliphatic carbocycles. The van der Waals surface area contributed by atoms with Crippen molar-refractivity contribution < 1.29 is 19.5 Å². The van der Waals surface area contributed by atoms with E-state index in [2.05, 4.69) is 10.3 Å². The van der Waals surface area contributed by atoms with Gasteiger partial charge in [-0.25, -0.2) is 4.98 Å². The van der Waals surface area contributed by atoms with Crippen molar-refractivity contribution in [3.8, 4) is 0 Å². The Kier molecular flexibility index (Phi) is 4.14. The lowest BCUT2D eigenvalue weighted by atomic mass is 9.82. The van der Waals surface area contributed by atoms with Gasteiger partial charge in [0.2, 0.25) is 11.7 Å². The second kappa shape index (κ2) is 6.50. The summed E-state index contributed by atoms with van der Waals surface area (Å²) >= 11 is 0. The summed E-state index contributed by atoms with van der Waals surface area (Å²) in [5, 5.41) is 12.3. The van der Waals surface area contributed by atoms with Crippen LogP contribution < -0.4 is 5.32 Å². The third kappa shape index (κ3) is 2.95. The average molecular weight is 365 g/mol. The number of fused-ring (bicyclic) bond motifs is 2. The van der Waals surface area contributed by atoms with Crippen molar-refractivity contribution in [2.45, 2.75) is 6.42 Å². The van der Waals surface area contributed by atoms with Gasteiger partial charge in [-0.05, 0) is 42.5 Å². The van der Waals surface area contributed by atoms with Gasteiger partial charge >= 0.3 is 5.97 Å². The number of aromatic nitrogens is 2. The van der Waals surface area contributed by atoms with Crippen molar-refractivity contribution in [2.75, 3.05) is 5.32 Å². The third-order valence-electron chi connectivity index (χ3n) is 5.49. The number of allylic oxidation sites excluding steroid dienone is 2. The van der Waals surface area contributed by atoms with Gasteiger partial charge in [-0.3, -0.25) is 14.4 Å². The Balaban J connectivity index is 1.48. The second-order valence-electron chi connectivity index (χ2n) is 7.10. The maximum Gasteiger partial charge on any atom is 0.307 e. The number of aryl methyl sites for hydroxylation is 1. The lowest BCUT2D eigenvalue weighted by Crippen LogP contribution is -2.36. The van der Waals surface area contributed by atoms with Gasteiger partial charge in [0.25, 0.3) is 0 Å². The van der Waals surface area contributed by atoms with Crippen LogP contribution in [0.2, 0.25) is 0 Å². The molecule has 0 spiro atoms. The van der Waals surface area contributed by atoms with Gasteiger partial charge < -0.3 is 15.0 Å². The number of carbonyl (C=O) groups is 3. The van der Waals surface area contributed by atoms with Crippen LogP contribution in [0.5, 0.6) is 0 Å². The number of hydrogen-bond acceptors (Lipinski definition) is 4. The molecule has 2 aliphatic rings. The normalized spacial score (nSPS) is 25.5. The predicted molar refractivity (Wildman–Crippen MR) is 97.1 cm³/mol. The molecule has 1 saturated carbocycles. The van der Waals surface area contributed by atoms with E-state index in [0.717, 1.165) is 0 Å². The molecule has 2 N–H and O–H groups in total. The van der Waals surface area contributed by atoms with Crippen molar-refractivity contribution in [3.05, 3.63) is 60.2 Å². The molecule has 138 valence electrons. The zero-order valence-electron chi connectivity index (χ0n) is 14.7. The van der Waals surface area contributed by atoms with E-state index in [4.69, 9.17) is 0 Å². The standard InChI is InChI=1S/C20H19N3O4/c1-23-9-8-21-18(23)17(24)11-4-6-14(7-5-11)22-19(25)15-12-2-3-13(10-12)16(15)20(26)27/h2-9,12-13,15-16H,10H2,1H3,(H,22,25)(H,26,27). The van der Waals surface area contributed by atoms with Gasteiger partial charge in [-0.2, -0.15) is 0 Å². The van der Waals surface area contributed by atoms with Crippen LogP contribution in [-0.2, 0) is 16.6 Å². The van der Waals surface area contributed by atoms with E-state index < -0.39 is 17.8 Å². The molecule has 1 amide bonds. The van der Waals surface area contributed by atoms with Gasteiger partial charge in [-0.15, -0.1) is 0 Å². The number of amides is 1. The summed E-state index contributed by atoms with van der Waals surface area (Å²) in [4.78, 5) is 40.7. The number of rotatable bonds is 5. The summed E-state index contributed by atoms with van der Waals surface area (Å²) in [6.07, 6.45) is 7.83. The number of carboxylic acid groups (broad SMARTS) is 1. The van der Waals surface area contributed by atoms with E-state index in [9.17, 15) is 19.5 Å². The van der Waals surface area contributed by atoms with Crippen LogP contribution in [0.3, 0.4) is 0 Å². The molecule has 2 bridgehead atoms. The molecule has 4 unspecified atom stereocenters. The zero-order valence-corrected chi connectivity index (χ0v) is 14.7. The maximum absolute atomic E-state index is 12.7. The smallest absolute Gasteiger partial charge is 0.307 e. The summed E-state index contributed by atoms with van der Waals surface area (Å²) in [7, 11) is 1.75. The Morgan fingerprint density at radius 1 is 1.11 bits per heavy atom. The quantitative estimate of drug-likeness (QED) is 0.624. The first-order chi connectivity index (χ1) is 13.0. The molecular weight excluding hydrogens is 346 g/mol. The molecule has 0 aliphatic heterocycles. The Morgan fingerprint density at radius 3 is 2.37 bits per heavy atom. The number of imidazole rings is 1. The van der Waals surface area contributed by atoms with Gasteiger partial charge in [0, 0.05) is 30.7 Å². The fourth-order valence-corrected chi connectivity index (χ4v) is 4.16. The van der Waals surface area contributed by atoms with Crippen LogP contribution in [0.15, 0.2) is 48.8 Å². The number of hydrogen-bond donors (Lipinski definition) is 2. The molecule has 7 heteroatoms. The Labute approximate surface area is 155 Å². The van der Waals surface area contributed by atoms with Gasteiger partial charge in [0.05, 0.1) is 11.8 Å². The minimum Gasteiger partial charge on any atom is -0.481 e. The summed E-state index contributed by atoms with van der Waals surface area (Å²) in [5.41, 5.74) is 1.00. The van der Waals surface area contributed by atoms with Crippen molar-refractivity contribution in [3.63, 3.8) is 0 Å². The van der Waals surface area contributed by atoms with Gasteiger partial charge in [0.1, 0.15) is 0 Å². The van der Waals surface area contributed by atoms with Gasteiger partial charge in [-0.1, -0.05) is 12.2 Å². The minimum atomic E-state index is -0.928. The molecule has 4 rings (SSSR count). The van der Waals surface area contributed by atoms with E-state index in [-0.39, 0.29) is 23.5 Å². The fraction of sp³-hybridized carbons (Fsp3) is 0.300. The molecule has 1 fully saturated rings. The van der Waals surface area contributed by atoms with Crippen LogP contribution in [0.25, 0.3) is 0 Å². The number of nitrogens with zero attached hydrogens (tertiary/aromatic N) is 2. The van der Waals surface area contributed by atoms with Crippen LogP contribution in [0.1, 0.15) is 22.6 Å². The summed E-state index contributed by atoms with van der Waals surface area (Å²) in [6.45, 7) is 0. The van der Waals surface area contributed by atoms with E-state index in [0.29, 0.717) is 23.5 Å². The lowest BCUT2D eigenvalue weighted by molar-refractivity contribution is -0.146. The minimum absolute atomic E-state index is 0.0274. The van der Waals surface area contributed by atoms with E-state index in [1.807, 2.05) is 12.2 Å². The number of nitrogens with one attached hydrogen (secondary N) is 1. The fourth-order valence-electron chi connectivity index (χ4n) is 4.16. The molecule has 27 heavy (non-hydrogen) atoms. The SMILES string of the molecule is Cn1ccnc1C(=O)c1ccc(NC(=O)C2C3C=CC(C3)C2C(=O)O)cc1.